The van der Waals surface area contributed by atoms with Crippen molar-refractivity contribution in [2.75, 3.05) is 13.2 Å². The van der Waals surface area contributed by atoms with Gasteiger partial charge in [-0.1, -0.05) is 12.1 Å². The molecule has 0 saturated heterocycles. The molecule has 0 saturated carbocycles. The number of carbonyl (C=O) groups is 2. The highest BCUT2D eigenvalue weighted by atomic mass is 16.6. The summed E-state index contributed by atoms with van der Waals surface area (Å²) >= 11 is 0. The van der Waals surface area contributed by atoms with E-state index in [1.165, 1.54) is 0 Å². The van der Waals surface area contributed by atoms with Crippen LogP contribution in [0.2, 0.25) is 0 Å². The first-order chi connectivity index (χ1) is 12.4. The Morgan fingerprint density at radius 1 is 1.04 bits per heavy atom. The largest absolute Gasteiger partial charge is 0.488 e. The summed E-state index contributed by atoms with van der Waals surface area (Å²) in [6.45, 7) is 11.1. The van der Waals surface area contributed by atoms with Gasteiger partial charge in [0.1, 0.15) is 23.0 Å². The molecular formula is C20H32N2O5. The molecule has 152 valence electrons. The second-order valence-electron chi connectivity index (χ2n) is 8.28. The quantitative estimate of drug-likeness (QED) is 0.675. The summed E-state index contributed by atoms with van der Waals surface area (Å²) in [4.78, 5) is 24.4. The van der Waals surface area contributed by atoms with E-state index in [1.54, 1.807) is 20.8 Å². The molecule has 1 rings (SSSR count). The van der Waals surface area contributed by atoms with E-state index in [1.807, 2.05) is 45.0 Å². The highest BCUT2D eigenvalue weighted by Gasteiger charge is 2.24. The van der Waals surface area contributed by atoms with Crippen LogP contribution in [0.5, 0.6) is 5.75 Å². The first kappa shape index (κ1) is 22.8. The van der Waals surface area contributed by atoms with Crippen LogP contribution in [0.4, 0.5) is 4.79 Å². The molecule has 0 bridgehead atoms. The number of ether oxygens (including phenoxy) is 2. The number of benzene rings is 1. The van der Waals surface area contributed by atoms with Gasteiger partial charge in [-0.3, -0.25) is 4.79 Å². The molecule has 0 aliphatic carbocycles. The predicted molar refractivity (Wildman–Crippen MR) is 104 cm³/mol. The maximum Gasteiger partial charge on any atom is 0.408 e. The third kappa shape index (κ3) is 9.84. The number of hydrogen-bond acceptors (Lipinski definition) is 5. The Balaban J connectivity index is 2.83. The first-order valence-electron chi connectivity index (χ1n) is 9.06. The molecule has 1 aromatic rings. The molecule has 0 aliphatic heterocycles. The van der Waals surface area contributed by atoms with Crippen LogP contribution in [0.15, 0.2) is 24.3 Å². The van der Waals surface area contributed by atoms with Crippen molar-refractivity contribution in [3.05, 3.63) is 29.8 Å². The summed E-state index contributed by atoms with van der Waals surface area (Å²) in [5.74, 6) is 0.345. The average molecular weight is 380 g/mol. The molecule has 27 heavy (non-hydrogen) atoms. The summed E-state index contributed by atoms with van der Waals surface area (Å²) < 4.78 is 11.0. The highest BCUT2D eigenvalue weighted by molar-refractivity contribution is 5.86. The van der Waals surface area contributed by atoms with Gasteiger partial charge in [0, 0.05) is 13.0 Å². The van der Waals surface area contributed by atoms with Gasteiger partial charge >= 0.3 is 6.09 Å². The fourth-order valence-corrected chi connectivity index (χ4v) is 2.24. The number of aliphatic hydroxyl groups is 1. The number of nitrogens with one attached hydrogen (secondary N) is 2. The Kier molecular flexibility index (Phi) is 8.09. The van der Waals surface area contributed by atoms with E-state index in [4.69, 9.17) is 14.6 Å². The molecule has 0 aromatic heterocycles. The van der Waals surface area contributed by atoms with Crippen LogP contribution >= 0.6 is 0 Å². The van der Waals surface area contributed by atoms with Gasteiger partial charge in [0.15, 0.2) is 0 Å². The standard InChI is InChI=1S/C20H32N2O5/c1-19(2,3)26-15-9-7-14(8-10-15)13-16(17(24)21-11-12-23)22-18(25)27-20(4,5)6/h7-10,16,23H,11-13H2,1-6H3,(H,21,24)(H,22,25). The van der Waals surface area contributed by atoms with Crippen LogP contribution < -0.4 is 15.4 Å². The van der Waals surface area contributed by atoms with Gasteiger partial charge in [0.2, 0.25) is 5.91 Å². The summed E-state index contributed by atoms with van der Waals surface area (Å²) in [5, 5.41) is 14.1. The van der Waals surface area contributed by atoms with E-state index in [2.05, 4.69) is 10.6 Å². The van der Waals surface area contributed by atoms with Crippen molar-refractivity contribution in [1.82, 2.24) is 10.6 Å². The van der Waals surface area contributed by atoms with E-state index >= 15 is 0 Å². The molecule has 0 aliphatic rings. The fraction of sp³-hybridized carbons (Fsp3) is 0.600. The number of rotatable bonds is 7. The molecule has 2 amide bonds. The minimum absolute atomic E-state index is 0.115. The maximum absolute atomic E-state index is 12.3. The Morgan fingerprint density at radius 2 is 1.63 bits per heavy atom. The normalized spacial score (nSPS) is 12.9. The summed E-state index contributed by atoms with van der Waals surface area (Å²) in [6.07, 6.45) is -0.383. The number of amides is 2. The molecule has 1 unspecified atom stereocenters. The van der Waals surface area contributed by atoms with Crippen LogP contribution in [-0.2, 0) is 16.0 Å². The van der Waals surface area contributed by atoms with E-state index in [0.717, 1.165) is 11.3 Å². The summed E-state index contributed by atoms with van der Waals surface area (Å²) in [7, 11) is 0. The van der Waals surface area contributed by atoms with Crippen LogP contribution in [0.1, 0.15) is 47.1 Å². The number of hydrogen-bond donors (Lipinski definition) is 3. The Hall–Kier alpha value is -2.28. The lowest BCUT2D eigenvalue weighted by atomic mass is 10.0. The molecule has 0 radical (unpaired) electrons. The van der Waals surface area contributed by atoms with E-state index < -0.39 is 17.7 Å². The molecule has 1 aromatic carbocycles. The van der Waals surface area contributed by atoms with Crippen molar-refractivity contribution in [3.63, 3.8) is 0 Å². The first-order valence-corrected chi connectivity index (χ1v) is 9.06. The Labute approximate surface area is 161 Å². The zero-order chi connectivity index (χ0) is 20.7. The third-order valence-corrected chi connectivity index (χ3v) is 3.21. The monoisotopic (exact) mass is 380 g/mol. The van der Waals surface area contributed by atoms with Gasteiger partial charge in [-0.05, 0) is 59.2 Å². The number of aliphatic hydroxyl groups excluding tert-OH is 1. The van der Waals surface area contributed by atoms with Gasteiger partial charge in [-0.25, -0.2) is 4.79 Å². The SMILES string of the molecule is CC(C)(C)OC(=O)NC(Cc1ccc(OC(C)(C)C)cc1)C(=O)NCCO. The molecule has 0 heterocycles. The lowest BCUT2D eigenvalue weighted by molar-refractivity contribution is -0.123. The van der Waals surface area contributed by atoms with Crippen molar-refractivity contribution in [2.45, 2.75) is 65.2 Å². The van der Waals surface area contributed by atoms with Gasteiger partial charge in [0.25, 0.3) is 0 Å². The third-order valence-electron chi connectivity index (χ3n) is 3.21. The van der Waals surface area contributed by atoms with Crippen LogP contribution in [0, 0.1) is 0 Å². The topological polar surface area (TPSA) is 96.9 Å². The molecule has 7 heteroatoms. The highest BCUT2D eigenvalue weighted by Crippen LogP contribution is 2.19. The Bertz CT molecular complexity index is 615. The van der Waals surface area contributed by atoms with Gasteiger partial charge < -0.3 is 25.2 Å². The second kappa shape index (κ2) is 9.60. The fourth-order valence-electron chi connectivity index (χ4n) is 2.24. The Morgan fingerprint density at radius 3 is 2.11 bits per heavy atom. The summed E-state index contributed by atoms with van der Waals surface area (Å²) in [5.41, 5.74) is -0.106. The lowest BCUT2D eigenvalue weighted by Crippen LogP contribution is -2.49. The van der Waals surface area contributed by atoms with Crippen molar-refractivity contribution < 1.29 is 24.2 Å². The van der Waals surface area contributed by atoms with Crippen molar-refractivity contribution in [1.29, 1.82) is 0 Å². The van der Waals surface area contributed by atoms with E-state index in [-0.39, 0.29) is 31.1 Å². The minimum atomic E-state index is -0.819. The smallest absolute Gasteiger partial charge is 0.408 e. The average Bonchev–Trinajstić information content (AvgIpc) is 2.50. The van der Waals surface area contributed by atoms with Crippen LogP contribution in [0.3, 0.4) is 0 Å². The molecule has 7 nitrogen and oxygen atoms in total. The number of alkyl carbamates (subject to hydrolysis) is 1. The van der Waals surface area contributed by atoms with E-state index in [9.17, 15) is 9.59 Å². The van der Waals surface area contributed by atoms with Crippen LogP contribution in [-0.4, -0.2) is 47.5 Å². The zero-order valence-corrected chi connectivity index (χ0v) is 17.1. The van der Waals surface area contributed by atoms with Crippen molar-refractivity contribution >= 4 is 12.0 Å². The summed E-state index contributed by atoms with van der Waals surface area (Å²) in [6, 6.07) is 6.54. The molecule has 1 atom stereocenters. The predicted octanol–water partition coefficient (Wildman–Crippen LogP) is 2.41. The van der Waals surface area contributed by atoms with Crippen LogP contribution in [0.25, 0.3) is 0 Å². The zero-order valence-electron chi connectivity index (χ0n) is 17.1. The molecule has 0 spiro atoms. The minimum Gasteiger partial charge on any atom is -0.488 e. The molecule has 3 N–H and O–H groups in total. The maximum atomic E-state index is 12.3. The second-order valence-corrected chi connectivity index (χ2v) is 8.28. The molecule has 0 fully saturated rings. The lowest BCUT2D eigenvalue weighted by Gasteiger charge is -2.24. The van der Waals surface area contributed by atoms with Gasteiger partial charge in [0.05, 0.1) is 6.61 Å². The molecular weight excluding hydrogens is 348 g/mol. The van der Waals surface area contributed by atoms with Gasteiger partial charge in [-0.2, -0.15) is 0 Å². The number of carbonyl (C=O) groups excluding carboxylic acids is 2. The van der Waals surface area contributed by atoms with Gasteiger partial charge in [-0.15, -0.1) is 0 Å². The van der Waals surface area contributed by atoms with Crippen molar-refractivity contribution in [2.24, 2.45) is 0 Å². The van der Waals surface area contributed by atoms with E-state index in [0.29, 0.717) is 0 Å². The van der Waals surface area contributed by atoms with Crippen molar-refractivity contribution in [3.8, 4) is 5.75 Å².